The number of pyridine rings is 1. The van der Waals surface area contributed by atoms with Gasteiger partial charge in [0, 0.05) is 11.8 Å². The van der Waals surface area contributed by atoms with Crippen LogP contribution in [0.1, 0.15) is 0 Å². The monoisotopic (exact) mass is 327 g/mol. The molecule has 0 saturated heterocycles. The van der Waals surface area contributed by atoms with Crippen molar-refractivity contribution in [1.82, 2.24) is 4.98 Å². The first-order valence-electron chi connectivity index (χ1n) is 8.41. The lowest BCUT2D eigenvalue weighted by molar-refractivity contribution is 1.34. The molecule has 0 saturated carbocycles. The summed E-state index contributed by atoms with van der Waals surface area (Å²) in [5, 5.41) is 6.61. The number of nitrogens with zero attached hydrogens (tertiary/aromatic N) is 1. The lowest BCUT2D eigenvalue weighted by Gasteiger charge is -2.17. The second-order valence-electron chi connectivity index (χ2n) is 7.40. The van der Waals surface area contributed by atoms with Gasteiger partial charge in [-0.2, -0.15) is 0 Å². The van der Waals surface area contributed by atoms with E-state index in [-0.39, 0.29) is 0 Å². The first kappa shape index (κ1) is 15.1. The van der Waals surface area contributed by atoms with Crippen LogP contribution in [0.2, 0.25) is 19.6 Å². The van der Waals surface area contributed by atoms with Crippen molar-refractivity contribution < 1.29 is 0 Å². The molecule has 118 valence electrons. The number of fused-ring (bicyclic) bond motifs is 3. The second kappa shape index (κ2) is 5.57. The molecule has 0 aliphatic rings. The predicted molar refractivity (Wildman–Crippen MR) is 108 cm³/mol. The molecule has 1 heterocycles. The third-order valence-electron chi connectivity index (χ3n) is 4.67. The summed E-state index contributed by atoms with van der Waals surface area (Å²) in [7, 11) is -1.33. The molecule has 0 aliphatic carbocycles. The Balaban J connectivity index is 1.93. The van der Waals surface area contributed by atoms with Crippen LogP contribution in [-0.4, -0.2) is 13.1 Å². The highest BCUT2D eigenvalue weighted by molar-refractivity contribution is 6.88. The molecule has 3 aromatic carbocycles. The molecule has 0 spiro atoms. The van der Waals surface area contributed by atoms with Crippen molar-refractivity contribution in [3.05, 3.63) is 72.9 Å². The maximum absolute atomic E-state index is 4.63. The predicted octanol–water partition coefficient (Wildman–Crippen LogP) is 5.60. The summed E-state index contributed by atoms with van der Waals surface area (Å²) in [6.07, 6.45) is 1.95. The number of hydrogen-bond donors (Lipinski definition) is 0. The van der Waals surface area contributed by atoms with E-state index in [0.29, 0.717) is 0 Å². The number of rotatable bonds is 2. The maximum Gasteiger partial charge on any atom is 0.0777 e. The molecule has 0 atom stereocenters. The van der Waals surface area contributed by atoms with E-state index in [4.69, 9.17) is 0 Å². The van der Waals surface area contributed by atoms with Gasteiger partial charge in [-0.05, 0) is 39.7 Å². The molecule has 4 aromatic rings. The van der Waals surface area contributed by atoms with Crippen molar-refractivity contribution in [3.8, 4) is 11.3 Å². The molecule has 2 heteroatoms. The highest BCUT2D eigenvalue weighted by Gasteiger charge is 2.17. The van der Waals surface area contributed by atoms with E-state index < -0.39 is 8.07 Å². The van der Waals surface area contributed by atoms with Crippen LogP contribution < -0.4 is 5.19 Å². The molecule has 0 unspecified atom stereocenters. The Morgan fingerprint density at radius 1 is 0.708 bits per heavy atom. The average Bonchev–Trinajstić information content (AvgIpc) is 2.60. The van der Waals surface area contributed by atoms with E-state index in [1.165, 1.54) is 32.3 Å². The smallest absolute Gasteiger partial charge is 0.0777 e. The van der Waals surface area contributed by atoms with Crippen molar-refractivity contribution in [2.45, 2.75) is 19.6 Å². The van der Waals surface area contributed by atoms with Crippen LogP contribution in [0.15, 0.2) is 72.9 Å². The first-order valence-corrected chi connectivity index (χ1v) is 11.9. The molecule has 0 radical (unpaired) electrons. The van der Waals surface area contributed by atoms with Crippen molar-refractivity contribution in [2.75, 3.05) is 0 Å². The van der Waals surface area contributed by atoms with E-state index >= 15 is 0 Å². The molecule has 0 bridgehead atoms. The zero-order valence-corrected chi connectivity index (χ0v) is 15.4. The zero-order chi connectivity index (χ0) is 16.7. The van der Waals surface area contributed by atoms with Gasteiger partial charge in [-0.1, -0.05) is 73.4 Å². The molecule has 1 nitrogen and oxygen atoms in total. The minimum absolute atomic E-state index is 1.07. The Kier molecular flexibility index (Phi) is 3.50. The standard InChI is InChI=1S/C22H21NSi/c1-24(2,3)19-12-13-23-22(15-19)18-11-10-17-9-8-16-6-4-5-7-20(16)21(17)14-18/h4-15H,1-3H3. The largest absolute Gasteiger partial charge is 0.256 e. The normalized spacial score (nSPS) is 12.0. The minimum atomic E-state index is -1.33. The van der Waals surface area contributed by atoms with Gasteiger partial charge in [-0.25, -0.2) is 0 Å². The van der Waals surface area contributed by atoms with Crippen LogP contribution in [0.4, 0.5) is 0 Å². The number of hydrogen-bond acceptors (Lipinski definition) is 1. The highest BCUT2D eigenvalue weighted by Crippen LogP contribution is 2.29. The van der Waals surface area contributed by atoms with Crippen LogP contribution in [0.25, 0.3) is 32.8 Å². The van der Waals surface area contributed by atoms with Crippen LogP contribution in [0.3, 0.4) is 0 Å². The number of aromatic nitrogens is 1. The topological polar surface area (TPSA) is 12.9 Å². The Hall–Kier alpha value is -2.45. The molecule has 0 aliphatic heterocycles. The van der Waals surface area contributed by atoms with Gasteiger partial charge in [0.05, 0.1) is 13.8 Å². The summed E-state index contributed by atoms with van der Waals surface area (Å²) in [5.74, 6) is 0. The molecule has 1 aromatic heterocycles. The molecular weight excluding hydrogens is 306 g/mol. The fourth-order valence-corrected chi connectivity index (χ4v) is 4.36. The van der Waals surface area contributed by atoms with Crippen LogP contribution in [0, 0.1) is 0 Å². The Morgan fingerprint density at radius 3 is 2.21 bits per heavy atom. The molecule has 24 heavy (non-hydrogen) atoms. The van der Waals surface area contributed by atoms with Crippen molar-refractivity contribution in [2.24, 2.45) is 0 Å². The molecule has 0 N–H and O–H groups in total. The number of benzene rings is 3. The lowest BCUT2D eigenvalue weighted by atomic mass is 9.99. The van der Waals surface area contributed by atoms with Crippen molar-refractivity contribution in [1.29, 1.82) is 0 Å². The molecule has 0 fully saturated rings. The summed E-state index contributed by atoms with van der Waals surface area (Å²) in [4.78, 5) is 4.63. The molecular formula is C22H21NSi. The van der Waals surface area contributed by atoms with Crippen molar-refractivity contribution >= 4 is 34.8 Å². The van der Waals surface area contributed by atoms with E-state index in [9.17, 15) is 0 Å². The van der Waals surface area contributed by atoms with E-state index in [1.807, 2.05) is 6.20 Å². The van der Waals surface area contributed by atoms with Gasteiger partial charge < -0.3 is 0 Å². The molecule has 4 rings (SSSR count). The SMILES string of the molecule is C[Si](C)(C)c1ccnc(-c2ccc3ccc4ccccc4c3c2)c1. The summed E-state index contributed by atoms with van der Waals surface area (Å²) in [6.45, 7) is 7.13. The zero-order valence-electron chi connectivity index (χ0n) is 14.4. The summed E-state index contributed by atoms with van der Waals surface area (Å²) < 4.78 is 0. The van der Waals surface area contributed by atoms with Crippen LogP contribution >= 0.6 is 0 Å². The van der Waals surface area contributed by atoms with Crippen LogP contribution in [0.5, 0.6) is 0 Å². The summed E-state index contributed by atoms with van der Waals surface area (Å²) in [5.41, 5.74) is 2.27. The third-order valence-corrected chi connectivity index (χ3v) is 6.71. The third kappa shape index (κ3) is 2.63. The van der Waals surface area contributed by atoms with E-state index in [1.54, 1.807) is 0 Å². The van der Waals surface area contributed by atoms with E-state index in [0.717, 1.165) is 5.69 Å². The lowest BCUT2D eigenvalue weighted by Crippen LogP contribution is -2.37. The van der Waals surface area contributed by atoms with Gasteiger partial charge in [0.1, 0.15) is 0 Å². The Labute approximate surface area is 144 Å². The fraction of sp³-hybridized carbons (Fsp3) is 0.136. The maximum atomic E-state index is 4.63. The Bertz CT molecular complexity index is 1040. The average molecular weight is 328 g/mol. The van der Waals surface area contributed by atoms with Crippen molar-refractivity contribution in [3.63, 3.8) is 0 Å². The van der Waals surface area contributed by atoms with E-state index in [2.05, 4.69) is 91.4 Å². The first-order chi connectivity index (χ1) is 11.5. The summed E-state index contributed by atoms with van der Waals surface area (Å²) >= 11 is 0. The van der Waals surface area contributed by atoms with Gasteiger partial charge in [-0.15, -0.1) is 0 Å². The van der Waals surface area contributed by atoms with Gasteiger partial charge in [0.2, 0.25) is 0 Å². The quantitative estimate of drug-likeness (QED) is 0.345. The van der Waals surface area contributed by atoms with Gasteiger partial charge >= 0.3 is 0 Å². The fourth-order valence-electron chi connectivity index (χ4n) is 3.22. The van der Waals surface area contributed by atoms with Crippen LogP contribution in [-0.2, 0) is 0 Å². The highest BCUT2D eigenvalue weighted by atomic mass is 28.3. The van der Waals surface area contributed by atoms with Gasteiger partial charge in [-0.3, -0.25) is 4.98 Å². The van der Waals surface area contributed by atoms with Gasteiger partial charge in [0.15, 0.2) is 0 Å². The Morgan fingerprint density at radius 2 is 1.42 bits per heavy atom. The minimum Gasteiger partial charge on any atom is -0.256 e. The molecule has 0 amide bonds. The van der Waals surface area contributed by atoms with Gasteiger partial charge in [0.25, 0.3) is 0 Å². The second-order valence-corrected chi connectivity index (χ2v) is 12.5. The summed E-state index contributed by atoms with van der Waals surface area (Å²) in [6, 6.07) is 24.1.